The number of benzene rings is 2. The molecular weight excluding hydrogens is 400 g/mol. The van der Waals surface area contributed by atoms with Gasteiger partial charge in [-0.3, -0.25) is 25.2 Å². The maximum atomic E-state index is 12.3. The average molecular weight is 415 g/mol. The number of hydrogen-bond donors (Lipinski definition) is 2. The minimum atomic E-state index is -0.879. The van der Waals surface area contributed by atoms with E-state index in [0.29, 0.717) is 15.8 Å². The number of amides is 2. The van der Waals surface area contributed by atoms with Gasteiger partial charge in [0.2, 0.25) is 0 Å². The van der Waals surface area contributed by atoms with Crippen LogP contribution in [0.25, 0.3) is 10.8 Å². The van der Waals surface area contributed by atoms with Gasteiger partial charge in [-0.05, 0) is 30.3 Å². The molecule has 0 unspecified atom stereocenters. The quantitative estimate of drug-likeness (QED) is 0.489. The zero-order valence-corrected chi connectivity index (χ0v) is 15.9. The van der Waals surface area contributed by atoms with Crippen LogP contribution in [0, 0.1) is 0 Å². The van der Waals surface area contributed by atoms with Crippen molar-refractivity contribution in [2.24, 2.45) is 7.05 Å². The standard InChI is InChI=1S/C19H15ClN4O5/c1-24-18(27)14-5-3-2-4-13(14)16(23-24)19(28)29-10-15(25)21-22-17(26)11-6-8-12(20)9-7-11/h2-9H,10H2,1H3,(H,21,25)(H,22,26). The van der Waals surface area contributed by atoms with Crippen molar-refractivity contribution < 1.29 is 19.1 Å². The largest absolute Gasteiger partial charge is 0.451 e. The van der Waals surface area contributed by atoms with E-state index < -0.39 is 24.4 Å². The van der Waals surface area contributed by atoms with Crippen LogP contribution >= 0.6 is 11.6 Å². The van der Waals surface area contributed by atoms with Gasteiger partial charge < -0.3 is 4.74 Å². The molecule has 0 aliphatic carbocycles. The van der Waals surface area contributed by atoms with Crippen LogP contribution in [0.1, 0.15) is 20.8 Å². The minimum Gasteiger partial charge on any atom is -0.451 e. The molecule has 1 aromatic heterocycles. The van der Waals surface area contributed by atoms with E-state index in [2.05, 4.69) is 16.0 Å². The maximum absolute atomic E-state index is 12.3. The summed E-state index contributed by atoms with van der Waals surface area (Å²) in [7, 11) is 1.41. The van der Waals surface area contributed by atoms with Gasteiger partial charge in [0.25, 0.3) is 17.4 Å². The first kappa shape index (κ1) is 20.0. The second-order valence-electron chi connectivity index (χ2n) is 5.91. The van der Waals surface area contributed by atoms with E-state index >= 15 is 0 Å². The van der Waals surface area contributed by atoms with Crippen LogP contribution in [0.3, 0.4) is 0 Å². The molecule has 0 spiro atoms. The maximum Gasteiger partial charge on any atom is 0.359 e. The monoisotopic (exact) mass is 414 g/mol. The molecule has 2 aromatic carbocycles. The number of carbonyl (C=O) groups is 3. The van der Waals surface area contributed by atoms with E-state index in [1.807, 2.05) is 0 Å². The summed E-state index contributed by atoms with van der Waals surface area (Å²) in [5.74, 6) is -2.20. The number of nitrogens with zero attached hydrogens (tertiary/aromatic N) is 2. The highest BCUT2D eigenvalue weighted by Gasteiger charge is 2.18. The van der Waals surface area contributed by atoms with Gasteiger partial charge in [-0.1, -0.05) is 29.8 Å². The van der Waals surface area contributed by atoms with E-state index in [4.69, 9.17) is 16.3 Å². The van der Waals surface area contributed by atoms with Crippen molar-refractivity contribution in [1.29, 1.82) is 0 Å². The lowest BCUT2D eigenvalue weighted by Gasteiger charge is -2.09. The molecular formula is C19H15ClN4O5. The first-order valence-corrected chi connectivity index (χ1v) is 8.72. The summed E-state index contributed by atoms with van der Waals surface area (Å²) in [5.41, 5.74) is 4.16. The Hall–Kier alpha value is -3.72. The summed E-state index contributed by atoms with van der Waals surface area (Å²) >= 11 is 5.75. The van der Waals surface area contributed by atoms with Gasteiger partial charge >= 0.3 is 5.97 Å². The Kier molecular flexibility index (Phi) is 5.89. The van der Waals surface area contributed by atoms with Crippen LogP contribution in [0.2, 0.25) is 5.02 Å². The zero-order chi connectivity index (χ0) is 21.0. The van der Waals surface area contributed by atoms with Gasteiger partial charge in [0.05, 0.1) is 5.39 Å². The topological polar surface area (TPSA) is 119 Å². The number of hydrazine groups is 1. The molecule has 29 heavy (non-hydrogen) atoms. The van der Waals surface area contributed by atoms with Crippen molar-refractivity contribution in [3.05, 3.63) is 75.2 Å². The fourth-order valence-corrected chi connectivity index (χ4v) is 2.61. The molecule has 10 heteroatoms. The van der Waals surface area contributed by atoms with Crippen molar-refractivity contribution in [1.82, 2.24) is 20.6 Å². The number of hydrogen-bond acceptors (Lipinski definition) is 6. The second kappa shape index (κ2) is 8.53. The van der Waals surface area contributed by atoms with Crippen molar-refractivity contribution in [2.45, 2.75) is 0 Å². The number of carbonyl (C=O) groups excluding carboxylic acids is 3. The summed E-state index contributed by atoms with van der Waals surface area (Å²) in [6.07, 6.45) is 0. The molecule has 0 aliphatic rings. The first-order valence-electron chi connectivity index (χ1n) is 8.34. The molecule has 9 nitrogen and oxygen atoms in total. The predicted octanol–water partition coefficient (Wildman–Crippen LogP) is 1.20. The van der Waals surface area contributed by atoms with Gasteiger partial charge in [0.15, 0.2) is 12.3 Å². The van der Waals surface area contributed by atoms with Crippen LogP contribution in [-0.2, 0) is 16.6 Å². The van der Waals surface area contributed by atoms with Crippen LogP contribution < -0.4 is 16.4 Å². The Morgan fingerprint density at radius 1 is 1.03 bits per heavy atom. The SMILES string of the molecule is Cn1nc(C(=O)OCC(=O)NNC(=O)c2ccc(Cl)cc2)c2ccccc2c1=O. The summed E-state index contributed by atoms with van der Waals surface area (Å²) in [4.78, 5) is 48.2. The molecule has 0 atom stereocenters. The van der Waals surface area contributed by atoms with E-state index in [9.17, 15) is 19.2 Å². The Morgan fingerprint density at radius 3 is 2.38 bits per heavy atom. The summed E-state index contributed by atoms with van der Waals surface area (Å²) in [5, 5.41) is 5.01. The molecule has 0 bridgehead atoms. The molecule has 0 fully saturated rings. The molecule has 2 N–H and O–H groups in total. The number of ether oxygens (including phenoxy) is 1. The lowest BCUT2D eigenvalue weighted by molar-refractivity contribution is -0.125. The third kappa shape index (κ3) is 4.58. The molecule has 3 rings (SSSR count). The number of aryl methyl sites for hydroxylation is 1. The number of rotatable bonds is 4. The smallest absolute Gasteiger partial charge is 0.359 e. The number of esters is 1. The van der Waals surface area contributed by atoms with E-state index in [1.54, 1.807) is 24.3 Å². The Labute approximate surface area is 169 Å². The fourth-order valence-electron chi connectivity index (χ4n) is 2.49. The minimum absolute atomic E-state index is 0.0966. The summed E-state index contributed by atoms with van der Waals surface area (Å²) < 4.78 is 5.97. The van der Waals surface area contributed by atoms with Gasteiger partial charge in [0, 0.05) is 23.0 Å². The highest BCUT2D eigenvalue weighted by molar-refractivity contribution is 6.30. The molecule has 0 saturated heterocycles. The van der Waals surface area contributed by atoms with Crippen LogP contribution in [0.4, 0.5) is 0 Å². The Bertz CT molecular complexity index is 1160. The lowest BCUT2D eigenvalue weighted by atomic mass is 10.1. The molecule has 1 heterocycles. The first-order chi connectivity index (χ1) is 13.9. The normalized spacial score (nSPS) is 10.4. The molecule has 0 aliphatic heterocycles. The average Bonchev–Trinajstić information content (AvgIpc) is 2.73. The van der Waals surface area contributed by atoms with Gasteiger partial charge in [0.1, 0.15) is 0 Å². The number of halogens is 1. The number of nitrogens with one attached hydrogen (secondary N) is 2. The summed E-state index contributed by atoms with van der Waals surface area (Å²) in [6, 6.07) is 12.5. The van der Waals surface area contributed by atoms with Crippen molar-refractivity contribution in [3.63, 3.8) is 0 Å². The number of fused-ring (bicyclic) bond motifs is 1. The van der Waals surface area contributed by atoms with Gasteiger partial charge in [-0.25, -0.2) is 9.48 Å². The second-order valence-corrected chi connectivity index (χ2v) is 6.34. The van der Waals surface area contributed by atoms with E-state index in [0.717, 1.165) is 4.68 Å². The predicted molar refractivity (Wildman–Crippen MR) is 104 cm³/mol. The molecule has 3 aromatic rings. The molecule has 0 saturated carbocycles. The summed E-state index contributed by atoms with van der Waals surface area (Å²) in [6.45, 7) is -0.654. The van der Waals surface area contributed by atoms with Crippen molar-refractivity contribution in [2.75, 3.05) is 6.61 Å². The molecule has 2 amide bonds. The molecule has 148 valence electrons. The zero-order valence-electron chi connectivity index (χ0n) is 15.1. The van der Waals surface area contributed by atoms with Crippen molar-refractivity contribution in [3.8, 4) is 0 Å². The van der Waals surface area contributed by atoms with Crippen LogP contribution in [0.15, 0.2) is 53.3 Å². The highest BCUT2D eigenvalue weighted by Crippen LogP contribution is 2.14. The van der Waals surface area contributed by atoms with E-state index in [1.165, 1.54) is 31.3 Å². The Balaban J connectivity index is 1.61. The Morgan fingerprint density at radius 2 is 1.69 bits per heavy atom. The van der Waals surface area contributed by atoms with Crippen molar-refractivity contribution >= 4 is 40.2 Å². The van der Waals surface area contributed by atoms with E-state index in [-0.39, 0.29) is 16.8 Å². The molecule has 0 radical (unpaired) electrons. The highest BCUT2D eigenvalue weighted by atomic mass is 35.5. The third-order valence-corrected chi connectivity index (χ3v) is 4.16. The van der Waals surface area contributed by atoms with Crippen LogP contribution in [0.5, 0.6) is 0 Å². The lowest BCUT2D eigenvalue weighted by Crippen LogP contribution is -2.43. The van der Waals surface area contributed by atoms with Gasteiger partial charge in [-0.15, -0.1) is 0 Å². The fraction of sp³-hybridized carbons (Fsp3) is 0.105. The van der Waals surface area contributed by atoms with Gasteiger partial charge in [-0.2, -0.15) is 5.10 Å². The van der Waals surface area contributed by atoms with Crippen LogP contribution in [-0.4, -0.2) is 34.2 Å². The number of aromatic nitrogens is 2. The third-order valence-electron chi connectivity index (χ3n) is 3.91.